The Morgan fingerprint density at radius 3 is 2.44 bits per heavy atom. The van der Waals surface area contributed by atoms with Crippen LogP contribution in [-0.4, -0.2) is 82.2 Å². The van der Waals surface area contributed by atoms with Crippen molar-refractivity contribution in [1.29, 1.82) is 0 Å². The minimum absolute atomic E-state index is 0.0153. The lowest BCUT2D eigenvalue weighted by Gasteiger charge is -2.34. The number of aryl methyl sites for hydroxylation is 1. The molecule has 3 heterocycles. The maximum Gasteiger partial charge on any atom is 0.410 e. The molecule has 3 aromatic rings. The molecule has 4 aliphatic rings. The Bertz CT molecular complexity index is 2100. The number of aromatic amines is 1. The highest BCUT2D eigenvalue weighted by Crippen LogP contribution is 2.61. The number of fused-ring (bicyclic) bond motifs is 5. The summed E-state index contributed by atoms with van der Waals surface area (Å²) < 4.78 is 40.0. The van der Waals surface area contributed by atoms with Crippen LogP contribution in [0.25, 0.3) is 0 Å². The van der Waals surface area contributed by atoms with Gasteiger partial charge in [-0.15, -0.1) is 0 Å². The smallest absolute Gasteiger partial charge is 0.410 e. The van der Waals surface area contributed by atoms with Crippen LogP contribution in [0, 0.1) is 23.0 Å². The number of nitrogens with zero attached hydrogens (tertiary/aromatic N) is 3. The molecule has 50 heavy (non-hydrogen) atoms. The lowest BCUT2D eigenvalue weighted by Crippen LogP contribution is -2.60. The number of nitro groups is 1. The Labute approximate surface area is 287 Å². The van der Waals surface area contributed by atoms with E-state index in [-0.39, 0.29) is 70.8 Å². The average molecular weight is 708 g/mol. The number of piperazine rings is 1. The van der Waals surface area contributed by atoms with Crippen molar-refractivity contribution in [2.75, 3.05) is 26.2 Å². The zero-order valence-electron chi connectivity index (χ0n) is 28.1. The number of ketones is 1. The highest BCUT2D eigenvalue weighted by molar-refractivity contribution is 7.89. The number of aliphatic hydroxyl groups is 1. The highest BCUT2D eigenvalue weighted by atomic mass is 32.2. The molecule has 2 aliphatic carbocycles. The van der Waals surface area contributed by atoms with Gasteiger partial charge in [-0.3, -0.25) is 19.7 Å². The van der Waals surface area contributed by atoms with E-state index in [2.05, 4.69) is 17.2 Å². The number of hydrogen-bond acceptors (Lipinski definition) is 10. The number of hydrogen-bond donors (Lipinski definition) is 3. The summed E-state index contributed by atoms with van der Waals surface area (Å²) in [4.78, 5) is 56.5. The summed E-state index contributed by atoms with van der Waals surface area (Å²) in [5, 5.41) is 26.8. The molecule has 1 aromatic heterocycles. The Balaban J connectivity index is 1.21. The first-order valence-corrected chi connectivity index (χ1v) is 17.7. The van der Waals surface area contributed by atoms with Crippen molar-refractivity contribution in [2.24, 2.45) is 5.92 Å². The molecule has 0 radical (unpaired) electrons. The second-order valence-electron chi connectivity index (χ2n) is 14.4. The van der Waals surface area contributed by atoms with Gasteiger partial charge in [-0.2, -0.15) is 4.31 Å². The van der Waals surface area contributed by atoms with E-state index in [9.17, 15) is 38.0 Å². The molecule has 0 spiro atoms. The van der Waals surface area contributed by atoms with E-state index >= 15 is 0 Å². The monoisotopic (exact) mass is 707 g/mol. The van der Waals surface area contributed by atoms with Crippen LogP contribution in [-0.2, 0) is 26.1 Å². The Morgan fingerprint density at radius 1 is 1.14 bits per heavy atom. The number of H-pyrrole nitrogens is 1. The molecule has 15 nitrogen and oxygen atoms in total. The molecule has 2 aromatic carbocycles. The number of benzene rings is 2. The van der Waals surface area contributed by atoms with E-state index < -0.39 is 55.3 Å². The molecule has 1 saturated heterocycles. The Hall–Kier alpha value is -4.80. The van der Waals surface area contributed by atoms with Crippen LogP contribution in [0.2, 0.25) is 0 Å². The predicted octanol–water partition coefficient (Wildman–Crippen LogP) is 3.66. The van der Waals surface area contributed by atoms with Gasteiger partial charge in [0.2, 0.25) is 11.3 Å². The number of ether oxygens (including phenoxy) is 2. The van der Waals surface area contributed by atoms with E-state index in [4.69, 9.17) is 9.47 Å². The highest BCUT2D eigenvalue weighted by Gasteiger charge is 2.73. The van der Waals surface area contributed by atoms with Crippen LogP contribution in [0.1, 0.15) is 83.1 Å². The third-order valence-electron chi connectivity index (χ3n) is 9.90. The number of carbonyl (C=O) groups is 3. The number of rotatable bonds is 6. The lowest BCUT2D eigenvalue weighted by molar-refractivity contribution is -0.388. The second-order valence-corrected chi connectivity index (χ2v) is 16.3. The molecule has 0 bridgehead atoms. The Kier molecular flexibility index (Phi) is 7.48. The van der Waals surface area contributed by atoms with E-state index in [1.165, 1.54) is 34.3 Å². The molecule has 4 atom stereocenters. The summed E-state index contributed by atoms with van der Waals surface area (Å²) in [5.41, 5.74) is -3.15. The summed E-state index contributed by atoms with van der Waals surface area (Å²) in [6.07, 6.45) is 0.392. The fourth-order valence-electron chi connectivity index (χ4n) is 7.24. The molecule has 1 saturated carbocycles. The van der Waals surface area contributed by atoms with Crippen molar-refractivity contribution in [3.8, 4) is 5.75 Å². The molecule has 7 rings (SSSR count). The molecule has 2 unspecified atom stereocenters. The number of carbonyl (C=O) groups excluding carboxylic acids is 3. The van der Waals surface area contributed by atoms with Gasteiger partial charge >= 0.3 is 6.09 Å². The number of aromatic nitrogens is 1. The predicted molar refractivity (Wildman–Crippen MR) is 176 cm³/mol. The van der Waals surface area contributed by atoms with Crippen LogP contribution >= 0.6 is 0 Å². The van der Waals surface area contributed by atoms with Gasteiger partial charge in [0.1, 0.15) is 27.6 Å². The number of sulfonamides is 1. The quantitative estimate of drug-likeness (QED) is 0.251. The minimum Gasteiger partial charge on any atom is -0.454 e. The maximum absolute atomic E-state index is 14.4. The topological polar surface area (TPSA) is 201 Å². The standard InChI is InChI=1S/C34H37N5O10S/c1-18-15-22(18)20-9-10-23-25(17-20)48-34(43)27-21(7-6-8-24(27)39(44)45)29(40)33(23,34)36-30(41)28-19(2)16-26(35-28)50(46,47)38-13-11-37(12-14-38)31(42)49-32(3,4)5/h6-10,16-18,22,35,43H,11-15H2,1-5H3,(H,36,41)/t18-,22-,33?,34?/m1/s1. The third kappa shape index (κ3) is 4.99. The van der Waals surface area contributed by atoms with Crippen molar-refractivity contribution < 1.29 is 42.3 Å². The van der Waals surface area contributed by atoms with Gasteiger partial charge in [-0.05, 0) is 69.2 Å². The molecule has 2 amide bonds. The van der Waals surface area contributed by atoms with Gasteiger partial charge in [0.25, 0.3) is 27.4 Å². The SMILES string of the molecule is Cc1cc(S(=O)(=O)N2CCN(C(=O)OC(C)(C)C)CC2)[nH]c1C(=O)NC12C(=O)c3cccc([N+](=O)[O-])c3C1(O)Oc1cc([C@@H]3C[C@H]3C)ccc12. The summed E-state index contributed by atoms with van der Waals surface area (Å²) in [6.45, 7) is 8.97. The van der Waals surface area contributed by atoms with Crippen LogP contribution in [0.15, 0.2) is 47.5 Å². The number of Topliss-reactive ketones (excluding diaryl/α,β-unsaturated/α-hetero) is 1. The van der Waals surface area contributed by atoms with Gasteiger partial charge < -0.3 is 29.8 Å². The number of nitrogens with one attached hydrogen (secondary N) is 2. The maximum atomic E-state index is 14.4. The van der Waals surface area contributed by atoms with E-state index in [1.807, 2.05) is 0 Å². The van der Waals surface area contributed by atoms with E-state index in [0.717, 1.165) is 18.1 Å². The van der Waals surface area contributed by atoms with E-state index in [1.54, 1.807) is 39.0 Å². The summed E-state index contributed by atoms with van der Waals surface area (Å²) in [7, 11) is -4.17. The zero-order chi connectivity index (χ0) is 36.1. The van der Waals surface area contributed by atoms with Crippen molar-refractivity contribution in [3.63, 3.8) is 0 Å². The van der Waals surface area contributed by atoms with Gasteiger partial charge in [-0.1, -0.05) is 31.2 Å². The van der Waals surface area contributed by atoms with Crippen molar-refractivity contribution >= 4 is 33.5 Å². The molecule has 3 N–H and O–H groups in total. The van der Waals surface area contributed by atoms with E-state index in [0.29, 0.717) is 5.92 Å². The largest absolute Gasteiger partial charge is 0.454 e. The van der Waals surface area contributed by atoms with Gasteiger partial charge in [0.15, 0.2) is 0 Å². The zero-order valence-corrected chi connectivity index (χ0v) is 28.9. The normalized spacial score (nSPS) is 25.7. The van der Waals surface area contributed by atoms with Gasteiger partial charge in [0, 0.05) is 43.4 Å². The second kappa shape index (κ2) is 11.1. The third-order valence-corrected chi connectivity index (χ3v) is 11.7. The van der Waals surface area contributed by atoms with Crippen LogP contribution < -0.4 is 10.1 Å². The van der Waals surface area contributed by atoms with Crippen molar-refractivity contribution in [3.05, 3.63) is 86.1 Å². The first kappa shape index (κ1) is 33.7. The van der Waals surface area contributed by atoms with Crippen molar-refractivity contribution in [1.82, 2.24) is 19.5 Å². The molecular weight excluding hydrogens is 670 g/mol. The van der Waals surface area contributed by atoms with Crippen molar-refractivity contribution in [2.45, 2.75) is 68.9 Å². The Morgan fingerprint density at radius 2 is 1.82 bits per heavy atom. The fraction of sp³-hybridized carbons (Fsp3) is 0.441. The number of nitro benzene ring substituents is 1. The average Bonchev–Trinajstić information content (AvgIpc) is 3.48. The number of amides is 2. The molecule has 264 valence electrons. The molecule has 16 heteroatoms. The first-order valence-electron chi connectivity index (χ1n) is 16.3. The fourth-order valence-corrected chi connectivity index (χ4v) is 8.72. The van der Waals surface area contributed by atoms with Gasteiger partial charge in [0.05, 0.1) is 4.92 Å². The summed E-state index contributed by atoms with van der Waals surface area (Å²) >= 11 is 0. The first-order chi connectivity index (χ1) is 23.4. The molecular formula is C34H37N5O10S. The van der Waals surface area contributed by atoms with Crippen LogP contribution in [0.3, 0.4) is 0 Å². The molecule has 2 aliphatic heterocycles. The van der Waals surface area contributed by atoms with Gasteiger partial charge in [-0.25, -0.2) is 13.2 Å². The van der Waals surface area contributed by atoms with Crippen LogP contribution in [0.4, 0.5) is 10.5 Å². The minimum atomic E-state index is -4.17. The summed E-state index contributed by atoms with van der Waals surface area (Å²) in [6, 6.07) is 10.1. The molecule has 2 fully saturated rings. The lowest BCUT2D eigenvalue weighted by atomic mass is 9.82. The van der Waals surface area contributed by atoms with Crippen LogP contribution in [0.5, 0.6) is 5.75 Å². The summed E-state index contributed by atoms with van der Waals surface area (Å²) in [5.74, 6) is -3.71.